The number of benzene rings is 4. The number of methoxy groups -OCH3 is 1. The number of phenols is 1. The molecule has 3 aliphatic rings. The van der Waals surface area contributed by atoms with E-state index in [-0.39, 0.29) is 62.1 Å². The zero-order valence-electron chi connectivity index (χ0n) is 55.3. The van der Waals surface area contributed by atoms with E-state index in [4.69, 9.17) is 14.2 Å². The van der Waals surface area contributed by atoms with Crippen LogP contribution in [0.1, 0.15) is 49.0 Å². The van der Waals surface area contributed by atoms with E-state index in [1.165, 1.54) is 48.6 Å². The van der Waals surface area contributed by atoms with Crippen molar-refractivity contribution in [3.63, 3.8) is 0 Å². The number of β-amino-alcohol motifs (C(OH)–C–C–N with tert-alkyl or cyclic N) is 1. The van der Waals surface area contributed by atoms with Crippen molar-refractivity contribution >= 4 is 52.7 Å². The first-order valence-electron chi connectivity index (χ1n) is 32.8. The van der Waals surface area contributed by atoms with Gasteiger partial charge in [0, 0.05) is 75.2 Å². The molecule has 1 aromatic heterocycles. The minimum Gasteiger partial charge on any atom is -0.504 e. The summed E-state index contributed by atoms with van der Waals surface area (Å²) in [6.45, 7) is -0.207. The summed E-state index contributed by atoms with van der Waals surface area (Å²) in [6, 6.07) is 12.3. The molecule has 13 atom stereocenters. The Morgan fingerprint density at radius 3 is 1.84 bits per heavy atom. The molecule has 0 saturated carbocycles. The first-order valence-corrected chi connectivity index (χ1v) is 33.6. The lowest BCUT2D eigenvalue weighted by molar-refractivity contribution is -0.147. The van der Waals surface area contributed by atoms with Gasteiger partial charge in [-0.15, -0.1) is 10.2 Å². The Kier molecular flexibility index (Phi) is 28.5. The van der Waals surface area contributed by atoms with Crippen LogP contribution in [0.4, 0.5) is 0 Å². The summed E-state index contributed by atoms with van der Waals surface area (Å²) < 4.78 is 16.4. The summed E-state index contributed by atoms with van der Waals surface area (Å²) >= 11 is 1.29. The first-order chi connectivity index (χ1) is 47.9. The number of nitrogens with one attached hydrogen (secondary N) is 7. The minimum absolute atomic E-state index is 0.00312. The fourth-order valence-corrected chi connectivity index (χ4v) is 12.6. The fraction of sp³-hybridized carbons (Fsp3) is 0.507. The summed E-state index contributed by atoms with van der Waals surface area (Å²) in [5, 5.41) is 147. The predicted octanol–water partition coefficient (Wildman–Crippen LogP) is -4.13. The topological polar surface area (TPSA) is 486 Å². The van der Waals surface area contributed by atoms with Crippen LogP contribution >= 0.6 is 11.3 Å². The van der Waals surface area contributed by atoms with Crippen molar-refractivity contribution in [1.82, 2.24) is 57.2 Å². The maximum absolute atomic E-state index is 15.1. The van der Waals surface area contributed by atoms with Crippen LogP contribution in [-0.2, 0) is 39.9 Å². The molecule has 32 nitrogen and oxygen atoms in total. The molecule has 0 radical (unpaired) electrons. The highest BCUT2D eigenvalue weighted by molar-refractivity contribution is 7.17. The lowest BCUT2D eigenvalue weighted by Gasteiger charge is -2.34. The van der Waals surface area contributed by atoms with Gasteiger partial charge in [0.25, 0.3) is 5.91 Å². The van der Waals surface area contributed by atoms with Gasteiger partial charge in [-0.1, -0.05) is 72.9 Å². The summed E-state index contributed by atoms with van der Waals surface area (Å²) in [5.41, 5.74) is 3.48. The second kappa shape index (κ2) is 36.8. The first kappa shape index (κ1) is 77.3. The molecule has 544 valence electrons. The molecule has 18 N–H and O–H groups in total. The third-order valence-corrected chi connectivity index (χ3v) is 18.5. The molecule has 3 aliphatic heterocycles. The highest BCUT2D eigenvalue weighted by atomic mass is 32.1. The molecule has 100 heavy (non-hydrogen) atoms. The van der Waals surface area contributed by atoms with Gasteiger partial charge in [0.1, 0.15) is 65.2 Å². The van der Waals surface area contributed by atoms with Gasteiger partial charge in [-0.2, -0.15) is 0 Å². The number of aromatic nitrogens is 2. The number of carbonyl (C=O) groups excluding carboxylic acids is 7. The molecule has 7 amide bonds. The Bertz CT molecular complexity index is 3530. The Morgan fingerprint density at radius 2 is 1.22 bits per heavy atom. The number of nitrogens with zero attached hydrogens (tertiary/aromatic N) is 4. The van der Waals surface area contributed by atoms with E-state index >= 15 is 4.79 Å². The second-order valence-electron chi connectivity index (χ2n) is 24.9. The van der Waals surface area contributed by atoms with E-state index in [0.717, 1.165) is 33.4 Å². The molecule has 8 rings (SSSR count). The maximum atomic E-state index is 15.1. The van der Waals surface area contributed by atoms with Crippen molar-refractivity contribution in [1.29, 1.82) is 0 Å². The maximum Gasteiger partial charge on any atom is 0.251 e. The highest BCUT2D eigenvalue weighted by Crippen LogP contribution is 2.33. The average molecular weight is 1420 g/mol. The van der Waals surface area contributed by atoms with Gasteiger partial charge in [-0.25, -0.2) is 0 Å². The number of fused-ring (bicyclic) bond motifs is 2. The van der Waals surface area contributed by atoms with Crippen LogP contribution in [0.25, 0.3) is 32.3 Å². The van der Waals surface area contributed by atoms with Crippen LogP contribution in [0.5, 0.6) is 17.2 Å². The number of phenolic OH excluding ortho intramolecular Hbond substituents is 1. The van der Waals surface area contributed by atoms with E-state index in [2.05, 4.69) is 47.4 Å². The Balaban J connectivity index is 1.07. The van der Waals surface area contributed by atoms with Gasteiger partial charge in [0.15, 0.2) is 11.5 Å². The van der Waals surface area contributed by atoms with Crippen LogP contribution in [0, 0.1) is 5.92 Å². The zero-order chi connectivity index (χ0) is 72.3. The second-order valence-corrected chi connectivity index (χ2v) is 25.9. The monoisotopic (exact) mass is 1420 g/mol. The van der Waals surface area contributed by atoms with E-state index in [0.29, 0.717) is 34.5 Å². The number of hydrogen-bond acceptors (Lipinski definition) is 26. The quantitative estimate of drug-likeness (QED) is 0.0222. The van der Waals surface area contributed by atoms with Gasteiger partial charge < -0.3 is 117 Å². The van der Waals surface area contributed by atoms with Crippen molar-refractivity contribution in [2.75, 3.05) is 86.1 Å². The smallest absolute Gasteiger partial charge is 0.251 e. The molecule has 4 aromatic carbocycles. The third-order valence-electron chi connectivity index (χ3n) is 17.5. The number of aliphatic hydroxyl groups excluding tert-OH is 10. The zero-order valence-corrected chi connectivity index (χ0v) is 56.1. The summed E-state index contributed by atoms with van der Waals surface area (Å²) in [6.07, 6.45) is -12.6. The number of hydrogen-bond donors (Lipinski definition) is 18. The SMILES string of the molecule is COCCOc1ccc(-c2ccc(-c3nnc(-c4ccc(C(=O)NC5C[C@@H](O)CNC(=O)[C@@H]6[C@@H](O)[C@@H](C)CN6C(=O)[C@H]([C@H](O)CCNC(CO)CO)NC(=O)[C@H]([C@H](O)Cc6ccc(O)c(OCCNC(CO)CO)c6)NC(=O)[C@@H]6C[C@@H](O)CN6C(=O)[C@H]([C@@H](C)O)NC5=O)cc4)s3)cc2)cc1. The summed E-state index contributed by atoms with van der Waals surface area (Å²) in [7, 11) is 1.60. The molecule has 1 unspecified atom stereocenters. The predicted molar refractivity (Wildman–Crippen MR) is 359 cm³/mol. The normalized spacial score (nSPS) is 23.8. The molecule has 0 bridgehead atoms. The molecule has 3 fully saturated rings. The summed E-state index contributed by atoms with van der Waals surface area (Å²) in [4.78, 5) is 105. The van der Waals surface area contributed by atoms with Crippen LogP contribution < -0.4 is 46.7 Å². The Morgan fingerprint density at radius 1 is 0.640 bits per heavy atom. The molecule has 33 heteroatoms. The number of aromatic hydroxyl groups is 1. The van der Waals surface area contributed by atoms with Gasteiger partial charge in [0.2, 0.25) is 35.4 Å². The number of ether oxygens (including phenoxy) is 3. The lowest BCUT2D eigenvalue weighted by Crippen LogP contribution is -2.64. The third kappa shape index (κ3) is 20.2. The van der Waals surface area contributed by atoms with Gasteiger partial charge in [-0.3, -0.25) is 33.6 Å². The number of aliphatic hydroxyl groups is 10. The Hall–Kier alpha value is -8.39. The van der Waals surface area contributed by atoms with Crippen molar-refractivity contribution in [3.8, 4) is 49.5 Å². The van der Waals surface area contributed by atoms with E-state index < -0.39 is 184 Å². The van der Waals surface area contributed by atoms with Gasteiger partial charge in [-0.05, 0) is 73.0 Å². The van der Waals surface area contributed by atoms with E-state index in [1.807, 2.05) is 48.5 Å². The molecule has 0 aliphatic carbocycles. The van der Waals surface area contributed by atoms with Crippen molar-refractivity contribution in [2.45, 2.75) is 124 Å². The van der Waals surface area contributed by atoms with Crippen molar-refractivity contribution in [3.05, 3.63) is 102 Å². The number of rotatable bonds is 27. The van der Waals surface area contributed by atoms with Gasteiger partial charge in [0.05, 0.1) is 81.7 Å². The number of amides is 7. The van der Waals surface area contributed by atoms with Crippen LogP contribution in [0.3, 0.4) is 0 Å². The van der Waals surface area contributed by atoms with Crippen LogP contribution in [0.15, 0.2) is 91.0 Å². The molecular formula is C67H89N11O21S. The largest absolute Gasteiger partial charge is 0.504 e. The standard InChI is InChI=1S/C67H89N11O21S/c1-35-29-78-57(58(35)89)63(94)70-28-45(84)26-48(71-59(90)40-7-11-42(12-8-40)65-76-75-64(100-65)41-9-5-38(6-10-41)39-13-15-47(16-14-39)98-23-22-97-3)60(91)72-54(36(2)83)66(95)77-30-46(85)27-49(77)61(92)73-55(62(93)74-56(67(78)96)51(87)18-19-68-43(31-79)32-80)52(88)24-37-4-17-50(86)53(25-37)99-21-20-69-44(33-81)34-82/h4-17,25,35-36,43-46,48-49,51-52,54-58,68-69,79-89H,18-24,26-34H2,1-3H3,(H,70,94)(H,71,90)(H,72,91)(H,73,92)(H,74,93)/t35-,36+,45+,46+,48?,49-,51+,52+,54-,55-,56-,57-,58-/m0/s1. The van der Waals surface area contributed by atoms with E-state index in [9.17, 15) is 84.9 Å². The Labute approximate surface area is 579 Å². The highest BCUT2D eigenvalue weighted by Gasteiger charge is 2.50. The molecule has 4 heterocycles. The minimum atomic E-state index is -2.15. The molecule has 5 aromatic rings. The van der Waals surface area contributed by atoms with Crippen LogP contribution in [-0.4, -0.2) is 289 Å². The van der Waals surface area contributed by atoms with Gasteiger partial charge >= 0.3 is 0 Å². The van der Waals surface area contributed by atoms with Crippen LogP contribution in [0.2, 0.25) is 0 Å². The van der Waals surface area contributed by atoms with Crippen molar-refractivity contribution in [2.24, 2.45) is 5.92 Å². The summed E-state index contributed by atoms with van der Waals surface area (Å²) in [5.74, 6) is -8.56. The lowest BCUT2D eigenvalue weighted by atomic mass is 9.98. The molecule has 0 spiro atoms. The van der Waals surface area contributed by atoms with Crippen molar-refractivity contribution < 1.29 is 104 Å². The average Bonchev–Trinajstić information content (AvgIpc) is 1.62. The fourth-order valence-electron chi connectivity index (χ4n) is 11.7. The molecular weight excluding hydrogens is 1330 g/mol. The molecule has 3 saturated heterocycles. The van der Waals surface area contributed by atoms with E-state index in [1.54, 1.807) is 19.2 Å². The number of carbonyl (C=O) groups is 7.